The topological polar surface area (TPSA) is 99.2 Å². The van der Waals surface area contributed by atoms with Gasteiger partial charge in [0.25, 0.3) is 5.91 Å². The van der Waals surface area contributed by atoms with Crippen LogP contribution in [0.25, 0.3) is 6.08 Å². The molecule has 2 aliphatic rings. The number of hydrogen-bond donors (Lipinski definition) is 0. The zero-order valence-corrected chi connectivity index (χ0v) is 16.4. The Morgan fingerprint density at radius 3 is 2.79 bits per heavy atom. The molecular formula is C19H23NO7S. The maximum Gasteiger partial charge on any atom is 0.331 e. The van der Waals surface area contributed by atoms with E-state index >= 15 is 0 Å². The van der Waals surface area contributed by atoms with Crippen LogP contribution >= 0.6 is 0 Å². The quantitative estimate of drug-likeness (QED) is 0.496. The number of sulfone groups is 1. The minimum absolute atomic E-state index is 0.0310. The highest BCUT2D eigenvalue weighted by atomic mass is 32.2. The first-order valence-electron chi connectivity index (χ1n) is 9.12. The van der Waals surface area contributed by atoms with Crippen molar-refractivity contribution in [3.05, 3.63) is 29.8 Å². The predicted octanol–water partition coefficient (Wildman–Crippen LogP) is 1.40. The minimum Gasteiger partial charge on any atom is -0.454 e. The van der Waals surface area contributed by atoms with E-state index < -0.39 is 22.4 Å². The lowest BCUT2D eigenvalue weighted by molar-refractivity contribution is -0.149. The Morgan fingerprint density at radius 2 is 2.07 bits per heavy atom. The zero-order valence-electron chi connectivity index (χ0n) is 15.6. The second-order valence-electron chi connectivity index (χ2n) is 6.70. The molecule has 8 nitrogen and oxygen atoms in total. The van der Waals surface area contributed by atoms with E-state index in [-0.39, 0.29) is 30.2 Å². The van der Waals surface area contributed by atoms with Gasteiger partial charge in [-0.1, -0.05) is 13.0 Å². The van der Waals surface area contributed by atoms with Gasteiger partial charge in [0.05, 0.1) is 11.5 Å². The van der Waals surface area contributed by atoms with Gasteiger partial charge >= 0.3 is 5.97 Å². The Morgan fingerprint density at radius 1 is 1.29 bits per heavy atom. The molecule has 0 aliphatic carbocycles. The molecular weight excluding hydrogens is 386 g/mol. The molecule has 0 aromatic heterocycles. The number of ether oxygens (including phenoxy) is 3. The van der Waals surface area contributed by atoms with Gasteiger partial charge in [-0.15, -0.1) is 0 Å². The maximum absolute atomic E-state index is 12.4. The van der Waals surface area contributed by atoms with E-state index in [1.54, 1.807) is 24.3 Å². The third kappa shape index (κ3) is 5.03. The van der Waals surface area contributed by atoms with Crippen LogP contribution in [-0.2, 0) is 24.2 Å². The summed E-state index contributed by atoms with van der Waals surface area (Å²) in [5.74, 6) is 0.276. The first-order valence-corrected chi connectivity index (χ1v) is 10.9. The van der Waals surface area contributed by atoms with Gasteiger partial charge in [-0.2, -0.15) is 0 Å². The number of carbonyl (C=O) groups is 2. The fourth-order valence-corrected chi connectivity index (χ4v) is 4.95. The van der Waals surface area contributed by atoms with E-state index in [1.165, 1.54) is 11.0 Å². The summed E-state index contributed by atoms with van der Waals surface area (Å²) in [7, 11) is -3.10. The molecule has 3 rings (SSSR count). The van der Waals surface area contributed by atoms with Crippen LogP contribution in [0.15, 0.2) is 24.3 Å². The maximum atomic E-state index is 12.4. The standard InChI is InChI=1S/C19H23NO7S/c1-2-8-20(15-7-9-28(23,24)12-15)18(21)11-25-19(22)6-4-14-3-5-16-17(10-14)27-13-26-16/h3-6,10,15H,2,7-9,11-13H2,1H3/b6-4+/t15-/m1/s1. The summed E-state index contributed by atoms with van der Waals surface area (Å²) in [6, 6.07) is 4.90. The number of rotatable bonds is 7. The van der Waals surface area contributed by atoms with Crippen molar-refractivity contribution in [2.45, 2.75) is 25.8 Å². The average molecular weight is 409 g/mol. The number of carbonyl (C=O) groups excluding carboxylic acids is 2. The molecule has 1 amide bonds. The summed E-state index contributed by atoms with van der Waals surface area (Å²) in [6.45, 7) is 2.09. The summed E-state index contributed by atoms with van der Waals surface area (Å²) in [5, 5.41) is 0. The van der Waals surface area contributed by atoms with Gasteiger partial charge in [0.1, 0.15) is 0 Å². The Bertz CT molecular complexity index is 878. The lowest BCUT2D eigenvalue weighted by Gasteiger charge is -2.27. The molecule has 9 heteroatoms. The molecule has 1 aromatic carbocycles. The summed E-state index contributed by atoms with van der Waals surface area (Å²) >= 11 is 0. The number of esters is 1. The van der Waals surface area contributed by atoms with Crippen molar-refractivity contribution in [1.29, 1.82) is 0 Å². The molecule has 0 bridgehead atoms. The van der Waals surface area contributed by atoms with E-state index in [0.29, 0.717) is 30.9 Å². The molecule has 1 saturated heterocycles. The number of fused-ring (bicyclic) bond motifs is 1. The second kappa shape index (κ2) is 8.64. The monoisotopic (exact) mass is 409 g/mol. The number of hydrogen-bond acceptors (Lipinski definition) is 7. The van der Waals surface area contributed by atoms with E-state index in [0.717, 1.165) is 5.56 Å². The third-order valence-corrected chi connectivity index (χ3v) is 6.33. The highest BCUT2D eigenvalue weighted by molar-refractivity contribution is 7.91. The van der Waals surface area contributed by atoms with E-state index in [9.17, 15) is 18.0 Å². The van der Waals surface area contributed by atoms with Crippen molar-refractivity contribution < 1.29 is 32.2 Å². The average Bonchev–Trinajstić information content (AvgIpc) is 3.27. The first-order chi connectivity index (χ1) is 13.4. The highest BCUT2D eigenvalue weighted by Crippen LogP contribution is 2.32. The largest absolute Gasteiger partial charge is 0.454 e. The van der Waals surface area contributed by atoms with Gasteiger partial charge in [-0.05, 0) is 36.6 Å². The van der Waals surface area contributed by atoms with E-state index in [2.05, 4.69) is 0 Å². The molecule has 1 fully saturated rings. The summed E-state index contributed by atoms with van der Waals surface area (Å²) in [4.78, 5) is 25.9. The second-order valence-corrected chi connectivity index (χ2v) is 8.93. The smallest absolute Gasteiger partial charge is 0.331 e. The zero-order chi connectivity index (χ0) is 20.1. The van der Waals surface area contributed by atoms with Gasteiger partial charge in [0, 0.05) is 18.7 Å². The molecule has 0 unspecified atom stereocenters. The lowest BCUT2D eigenvalue weighted by Crippen LogP contribution is -2.43. The van der Waals surface area contributed by atoms with Crippen LogP contribution in [-0.4, -0.2) is 62.7 Å². The van der Waals surface area contributed by atoms with E-state index in [1.807, 2.05) is 6.92 Å². The van der Waals surface area contributed by atoms with Gasteiger partial charge < -0.3 is 19.1 Å². The van der Waals surface area contributed by atoms with Crippen LogP contribution in [0.2, 0.25) is 0 Å². The normalized spacial score (nSPS) is 19.7. The molecule has 0 spiro atoms. The molecule has 1 aromatic rings. The van der Waals surface area contributed by atoms with Gasteiger partial charge in [-0.3, -0.25) is 4.79 Å². The van der Waals surface area contributed by atoms with Crippen LogP contribution in [0.1, 0.15) is 25.3 Å². The first kappa shape index (κ1) is 20.2. The van der Waals surface area contributed by atoms with Crippen molar-refractivity contribution in [1.82, 2.24) is 4.90 Å². The Hall–Kier alpha value is -2.55. The number of amides is 1. The predicted molar refractivity (Wildman–Crippen MR) is 102 cm³/mol. The molecule has 0 radical (unpaired) electrons. The summed E-state index contributed by atoms with van der Waals surface area (Å²) in [5.41, 5.74) is 0.733. The number of benzene rings is 1. The Balaban J connectivity index is 1.53. The van der Waals surface area contributed by atoms with Gasteiger partial charge in [0.2, 0.25) is 6.79 Å². The molecule has 2 heterocycles. The third-order valence-electron chi connectivity index (χ3n) is 4.58. The van der Waals surface area contributed by atoms with Crippen LogP contribution in [0.5, 0.6) is 11.5 Å². The van der Waals surface area contributed by atoms with Crippen molar-refractivity contribution in [2.75, 3.05) is 31.5 Å². The van der Waals surface area contributed by atoms with Gasteiger partial charge in [0.15, 0.2) is 27.9 Å². The van der Waals surface area contributed by atoms with Crippen LogP contribution in [0.3, 0.4) is 0 Å². The lowest BCUT2D eigenvalue weighted by atomic mass is 10.2. The number of nitrogens with zero attached hydrogens (tertiary/aromatic N) is 1. The SMILES string of the molecule is CCCN(C(=O)COC(=O)/C=C/c1ccc2c(c1)OCO2)[C@@H]1CCS(=O)(=O)C1. The van der Waals surface area contributed by atoms with Crippen molar-refractivity contribution in [2.24, 2.45) is 0 Å². The minimum atomic E-state index is -3.10. The van der Waals surface area contributed by atoms with Crippen LogP contribution in [0.4, 0.5) is 0 Å². The molecule has 2 aliphatic heterocycles. The molecule has 0 saturated carbocycles. The Kier molecular flexibility index (Phi) is 6.23. The van der Waals surface area contributed by atoms with Crippen molar-refractivity contribution in [3.8, 4) is 11.5 Å². The fourth-order valence-electron chi connectivity index (χ4n) is 3.22. The van der Waals surface area contributed by atoms with Crippen LogP contribution < -0.4 is 9.47 Å². The van der Waals surface area contributed by atoms with Gasteiger partial charge in [-0.25, -0.2) is 13.2 Å². The van der Waals surface area contributed by atoms with Crippen molar-refractivity contribution in [3.63, 3.8) is 0 Å². The van der Waals surface area contributed by atoms with Crippen molar-refractivity contribution >= 4 is 27.8 Å². The Labute approximate surface area is 164 Å². The fraction of sp³-hybridized carbons (Fsp3) is 0.474. The highest BCUT2D eigenvalue weighted by Gasteiger charge is 2.34. The molecule has 152 valence electrons. The molecule has 0 N–H and O–H groups in total. The van der Waals surface area contributed by atoms with Crippen LogP contribution in [0, 0.1) is 0 Å². The molecule has 28 heavy (non-hydrogen) atoms. The van der Waals surface area contributed by atoms with E-state index in [4.69, 9.17) is 14.2 Å². The molecule has 1 atom stereocenters. The summed E-state index contributed by atoms with van der Waals surface area (Å²) in [6.07, 6.45) is 3.91. The summed E-state index contributed by atoms with van der Waals surface area (Å²) < 4.78 is 38.9.